The van der Waals surface area contributed by atoms with Crippen LogP contribution in [0.15, 0.2) is 66.7 Å². The van der Waals surface area contributed by atoms with Crippen LogP contribution < -0.4 is 4.74 Å². The number of benzene rings is 3. The first-order valence-electron chi connectivity index (χ1n) is 12.6. The smallest absolute Gasteiger partial charge is 0.416 e. The predicted molar refractivity (Wildman–Crippen MR) is 143 cm³/mol. The number of nitrogens with zero attached hydrogens (tertiary/aromatic N) is 2. The molecule has 0 atom stereocenters. The maximum atomic E-state index is 13.7. The lowest BCUT2D eigenvalue weighted by Crippen LogP contribution is -2.42. The second kappa shape index (κ2) is 13.2. The van der Waals surface area contributed by atoms with Gasteiger partial charge < -0.3 is 19.3 Å². The Hall–Kier alpha value is -4.01. The van der Waals surface area contributed by atoms with Crippen molar-refractivity contribution in [2.45, 2.75) is 39.5 Å². The molecule has 39 heavy (non-hydrogen) atoms. The molecule has 6 nitrogen and oxygen atoms in total. The molecule has 0 spiro atoms. The highest BCUT2D eigenvalue weighted by Gasteiger charge is 2.32. The Balaban J connectivity index is 2.04. The molecule has 0 fully saturated rings. The van der Waals surface area contributed by atoms with E-state index >= 15 is 0 Å². The van der Waals surface area contributed by atoms with Crippen LogP contribution in [-0.4, -0.2) is 49.1 Å². The van der Waals surface area contributed by atoms with Gasteiger partial charge in [0.05, 0.1) is 26.2 Å². The maximum absolute atomic E-state index is 13.7. The third kappa shape index (κ3) is 7.52. The van der Waals surface area contributed by atoms with E-state index in [1.807, 2.05) is 37.3 Å². The normalized spacial score (nSPS) is 11.2. The number of ether oxygens (including phenoxy) is 2. The zero-order valence-electron chi connectivity index (χ0n) is 22.5. The highest BCUT2D eigenvalue weighted by Crippen LogP contribution is 2.38. The van der Waals surface area contributed by atoms with Gasteiger partial charge in [-0.2, -0.15) is 13.2 Å². The molecule has 3 rings (SSSR count). The van der Waals surface area contributed by atoms with E-state index in [4.69, 9.17) is 9.47 Å². The van der Waals surface area contributed by atoms with E-state index in [1.165, 1.54) is 25.2 Å². The van der Waals surface area contributed by atoms with Crippen molar-refractivity contribution in [3.8, 4) is 16.9 Å². The number of amides is 2. The molecule has 0 saturated heterocycles. The van der Waals surface area contributed by atoms with Crippen LogP contribution in [0.1, 0.15) is 36.1 Å². The summed E-state index contributed by atoms with van der Waals surface area (Å²) in [6, 6.07) is 17.8. The molecule has 0 N–H and O–H groups in total. The number of carbonyl (C=O) groups is 2. The monoisotopic (exact) mass is 542 g/mol. The van der Waals surface area contributed by atoms with Crippen LogP contribution in [0.5, 0.6) is 5.75 Å². The summed E-state index contributed by atoms with van der Waals surface area (Å²) in [4.78, 5) is 28.6. The predicted octanol–water partition coefficient (Wildman–Crippen LogP) is 6.56. The summed E-state index contributed by atoms with van der Waals surface area (Å²) in [5, 5.41) is 0. The van der Waals surface area contributed by atoms with Crippen molar-refractivity contribution in [1.82, 2.24) is 9.80 Å². The molecule has 3 aromatic rings. The minimum absolute atomic E-state index is 0.00597. The Bertz CT molecular complexity index is 1280. The lowest BCUT2D eigenvalue weighted by molar-refractivity contribution is -0.140. The molecule has 0 aromatic heterocycles. The highest BCUT2D eigenvalue weighted by molar-refractivity contribution is 5.79. The molecular formula is C30H33F3N2O4. The van der Waals surface area contributed by atoms with E-state index in [2.05, 4.69) is 0 Å². The van der Waals surface area contributed by atoms with Crippen molar-refractivity contribution >= 4 is 12.0 Å². The first-order valence-corrected chi connectivity index (χ1v) is 12.6. The summed E-state index contributed by atoms with van der Waals surface area (Å²) >= 11 is 0. The number of hydrogen-bond acceptors (Lipinski definition) is 4. The van der Waals surface area contributed by atoms with Crippen LogP contribution >= 0.6 is 0 Å². The first-order chi connectivity index (χ1) is 18.6. The molecule has 0 aliphatic rings. The number of hydrogen-bond donors (Lipinski definition) is 0. The van der Waals surface area contributed by atoms with E-state index in [1.54, 1.807) is 30.0 Å². The topological polar surface area (TPSA) is 59.1 Å². The van der Waals surface area contributed by atoms with Crippen molar-refractivity contribution in [3.05, 3.63) is 89.0 Å². The molecule has 9 heteroatoms. The lowest BCUT2D eigenvalue weighted by Gasteiger charge is -2.30. The van der Waals surface area contributed by atoms with Gasteiger partial charge in [-0.05, 0) is 60.4 Å². The molecule has 208 valence electrons. The minimum Gasteiger partial charge on any atom is -0.496 e. The van der Waals surface area contributed by atoms with Gasteiger partial charge in [-0.3, -0.25) is 4.79 Å². The highest BCUT2D eigenvalue weighted by atomic mass is 19.4. The van der Waals surface area contributed by atoms with Crippen molar-refractivity contribution in [2.75, 3.05) is 27.3 Å². The van der Waals surface area contributed by atoms with Crippen LogP contribution in [0, 0.1) is 0 Å². The fourth-order valence-electron chi connectivity index (χ4n) is 4.32. The Morgan fingerprint density at radius 2 is 1.46 bits per heavy atom. The number of halogens is 3. The third-order valence-corrected chi connectivity index (χ3v) is 6.44. The van der Waals surface area contributed by atoms with Gasteiger partial charge in [0.2, 0.25) is 0 Å². The molecule has 3 aromatic carbocycles. The SMILES string of the molecule is CCN(Cc1ccccc1)C(=O)N(CC)Cc1cc(C(F)(F)F)ccc1-c1cc(CC(=O)OC)ccc1OC. The van der Waals surface area contributed by atoms with Crippen LogP contribution in [-0.2, 0) is 35.2 Å². The van der Waals surface area contributed by atoms with Gasteiger partial charge in [-0.15, -0.1) is 0 Å². The molecule has 0 aliphatic heterocycles. The number of carbonyl (C=O) groups excluding carboxylic acids is 2. The fraction of sp³-hybridized carbons (Fsp3) is 0.333. The van der Waals surface area contributed by atoms with Crippen molar-refractivity contribution < 1.29 is 32.2 Å². The Morgan fingerprint density at radius 3 is 2.05 bits per heavy atom. The number of urea groups is 1. The average Bonchev–Trinajstić information content (AvgIpc) is 2.94. The van der Waals surface area contributed by atoms with Gasteiger partial charge in [-0.1, -0.05) is 42.5 Å². The van der Waals surface area contributed by atoms with Crippen molar-refractivity contribution in [2.24, 2.45) is 0 Å². The molecular weight excluding hydrogens is 509 g/mol. The van der Waals surface area contributed by atoms with E-state index in [0.29, 0.717) is 47.6 Å². The van der Waals surface area contributed by atoms with Gasteiger partial charge >= 0.3 is 18.2 Å². The molecule has 0 saturated carbocycles. The first kappa shape index (κ1) is 29.5. The number of alkyl halides is 3. The fourth-order valence-corrected chi connectivity index (χ4v) is 4.32. The van der Waals surface area contributed by atoms with Crippen LogP contribution in [0.4, 0.5) is 18.0 Å². The van der Waals surface area contributed by atoms with E-state index < -0.39 is 17.7 Å². The Labute approximate surface area is 226 Å². The number of methoxy groups -OCH3 is 2. The lowest BCUT2D eigenvalue weighted by atomic mass is 9.94. The number of esters is 1. The van der Waals surface area contributed by atoms with Crippen LogP contribution in [0.25, 0.3) is 11.1 Å². The van der Waals surface area contributed by atoms with Crippen molar-refractivity contribution in [3.63, 3.8) is 0 Å². The van der Waals surface area contributed by atoms with E-state index in [0.717, 1.165) is 17.7 Å². The molecule has 0 aliphatic carbocycles. The zero-order valence-corrected chi connectivity index (χ0v) is 22.5. The van der Waals surface area contributed by atoms with Gasteiger partial charge in [0.15, 0.2) is 0 Å². The third-order valence-electron chi connectivity index (χ3n) is 6.44. The zero-order chi connectivity index (χ0) is 28.6. The summed E-state index contributed by atoms with van der Waals surface area (Å²) < 4.78 is 51.5. The van der Waals surface area contributed by atoms with Gasteiger partial charge in [0.1, 0.15) is 5.75 Å². The molecule has 0 radical (unpaired) electrons. The second-order valence-corrected chi connectivity index (χ2v) is 8.95. The molecule has 0 heterocycles. The molecule has 0 unspecified atom stereocenters. The van der Waals surface area contributed by atoms with Gasteiger partial charge in [-0.25, -0.2) is 4.79 Å². The largest absolute Gasteiger partial charge is 0.496 e. The van der Waals surface area contributed by atoms with Crippen molar-refractivity contribution in [1.29, 1.82) is 0 Å². The van der Waals surface area contributed by atoms with Gasteiger partial charge in [0.25, 0.3) is 0 Å². The summed E-state index contributed by atoms with van der Waals surface area (Å²) in [6.07, 6.45) is -4.57. The molecule has 0 bridgehead atoms. The summed E-state index contributed by atoms with van der Waals surface area (Å²) in [5.74, 6) is -0.0159. The summed E-state index contributed by atoms with van der Waals surface area (Å²) in [5.41, 5.74) is 2.06. The Morgan fingerprint density at radius 1 is 0.795 bits per heavy atom. The molecule has 2 amide bonds. The summed E-state index contributed by atoms with van der Waals surface area (Å²) in [6.45, 7) is 4.71. The summed E-state index contributed by atoms with van der Waals surface area (Å²) in [7, 11) is 2.75. The van der Waals surface area contributed by atoms with Crippen LogP contribution in [0.2, 0.25) is 0 Å². The minimum atomic E-state index is -4.56. The van der Waals surface area contributed by atoms with E-state index in [-0.39, 0.29) is 19.0 Å². The van der Waals surface area contributed by atoms with Crippen LogP contribution in [0.3, 0.4) is 0 Å². The Kier molecular flexibility index (Phi) is 9.98. The number of rotatable bonds is 10. The maximum Gasteiger partial charge on any atom is 0.416 e. The van der Waals surface area contributed by atoms with Gasteiger partial charge in [0, 0.05) is 31.7 Å². The second-order valence-electron chi connectivity index (χ2n) is 8.95. The standard InChI is InChI=1S/C30H33F3N2O4/c1-5-34(19-21-10-8-7-9-11-21)29(37)35(6-2)20-23-18-24(30(31,32)33)13-14-25(23)26-16-22(17-28(36)39-4)12-15-27(26)38-3/h7-16,18H,5-6,17,19-20H2,1-4H3. The average molecular weight is 543 g/mol. The van der Waals surface area contributed by atoms with E-state index in [9.17, 15) is 22.8 Å². The quantitative estimate of drug-likeness (QED) is 0.272.